The summed E-state index contributed by atoms with van der Waals surface area (Å²) in [6.45, 7) is -0.297. The van der Waals surface area contributed by atoms with Crippen LogP contribution in [-0.2, 0) is 9.53 Å². The Bertz CT molecular complexity index is 534. The number of hydrogen-bond donors (Lipinski definition) is 0. The molecular formula is C10H10ClN3O5. The van der Waals surface area contributed by atoms with Gasteiger partial charge in [0.2, 0.25) is 0 Å². The van der Waals surface area contributed by atoms with Crippen LogP contribution in [0.3, 0.4) is 0 Å². The molecule has 0 saturated carbocycles. The van der Waals surface area contributed by atoms with Crippen LogP contribution in [0.15, 0.2) is 12.3 Å². The fourth-order valence-electron chi connectivity index (χ4n) is 1.22. The van der Waals surface area contributed by atoms with Gasteiger partial charge in [-0.3, -0.25) is 19.7 Å². The number of esters is 1. The van der Waals surface area contributed by atoms with E-state index in [1.807, 2.05) is 0 Å². The third-order valence-electron chi connectivity index (χ3n) is 2.21. The van der Waals surface area contributed by atoms with Crippen molar-refractivity contribution in [3.05, 3.63) is 33.1 Å². The topological polar surface area (TPSA) is 103 Å². The van der Waals surface area contributed by atoms with Gasteiger partial charge in [-0.2, -0.15) is 0 Å². The highest BCUT2D eigenvalue weighted by Crippen LogP contribution is 2.20. The molecule has 19 heavy (non-hydrogen) atoms. The summed E-state index contributed by atoms with van der Waals surface area (Å²) in [5.41, 5.74) is -0.513. The first-order valence-corrected chi connectivity index (χ1v) is 5.36. The third kappa shape index (κ3) is 3.62. The van der Waals surface area contributed by atoms with Crippen molar-refractivity contribution in [3.63, 3.8) is 0 Å². The van der Waals surface area contributed by atoms with Crippen LogP contribution < -0.4 is 0 Å². The number of halogens is 1. The SMILES string of the molecule is COC(=O)CN(C)C(=O)c1cc([N+](=O)[O-])cnc1Cl. The van der Waals surface area contributed by atoms with Gasteiger partial charge in [0, 0.05) is 13.1 Å². The summed E-state index contributed by atoms with van der Waals surface area (Å²) in [6.07, 6.45) is 0.944. The monoisotopic (exact) mass is 287 g/mol. The minimum Gasteiger partial charge on any atom is -0.468 e. The third-order valence-corrected chi connectivity index (χ3v) is 2.51. The summed E-state index contributed by atoms with van der Waals surface area (Å²) in [5, 5.41) is 10.4. The largest absolute Gasteiger partial charge is 0.468 e. The van der Waals surface area contributed by atoms with Gasteiger partial charge in [0.25, 0.3) is 11.6 Å². The number of carbonyl (C=O) groups is 2. The number of nitro groups is 1. The van der Waals surface area contributed by atoms with Gasteiger partial charge >= 0.3 is 5.97 Å². The van der Waals surface area contributed by atoms with E-state index < -0.39 is 16.8 Å². The summed E-state index contributed by atoms with van der Waals surface area (Å²) in [4.78, 5) is 37.5. The van der Waals surface area contributed by atoms with Gasteiger partial charge in [-0.15, -0.1) is 0 Å². The second-order valence-corrected chi connectivity index (χ2v) is 3.88. The molecule has 1 heterocycles. The first-order valence-electron chi connectivity index (χ1n) is 4.99. The number of hydrogen-bond acceptors (Lipinski definition) is 6. The van der Waals surface area contributed by atoms with Crippen LogP contribution in [-0.4, -0.2) is 47.4 Å². The first-order chi connectivity index (χ1) is 8.86. The second kappa shape index (κ2) is 6.10. The summed E-state index contributed by atoms with van der Waals surface area (Å²) >= 11 is 5.71. The highest BCUT2D eigenvalue weighted by molar-refractivity contribution is 6.32. The van der Waals surface area contributed by atoms with Gasteiger partial charge in [-0.25, -0.2) is 4.98 Å². The Morgan fingerprint density at radius 3 is 2.74 bits per heavy atom. The Morgan fingerprint density at radius 2 is 2.21 bits per heavy atom. The average Bonchev–Trinajstić information content (AvgIpc) is 2.37. The number of methoxy groups -OCH3 is 1. The molecule has 0 bridgehead atoms. The molecule has 102 valence electrons. The van der Waals surface area contributed by atoms with Crippen LogP contribution in [0.1, 0.15) is 10.4 Å². The van der Waals surface area contributed by atoms with E-state index in [4.69, 9.17) is 11.6 Å². The highest BCUT2D eigenvalue weighted by atomic mass is 35.5. The summed E-state index contributed by atoms with van der Waals surface area (Å²) in [5.74, 6) is -1.28. The lowest BCUT2D eigenvalue weighted by molar-refractivity contribution is -0.385. The van der Waals surface area contributed by atoms with Gasteiger partial charge in [0.05, 0.1) is 17.6 Å². The van der Waals surface area contributed by atoms with E-state index >= 15 is 0 Å². The fourth-order valence-corrected chi connectivity index (χ4v) is 1.41. The molecule has 0 radical (unpaired) electrons. The minimum atomic E-state index is -0.694. The zero-order valence-corrected chi connectivity index (χ0v) is 10.9. The lowest BCUT2D eigenvalue weighted by Crippen LogP contribution is -2.33. The van der Waals surface area contributed by atoms with Gasteiger partial charge in [0.1, 0.15) is 17.9 Å². The van der Waals surface area contributed by atoms with E-state index in [0.29, 0.717) is 0 Å². The van der Waals surface area contributed by atoms with Crippen molar-refractivity contribution < 1.29 is 19.2 Å². The number of ether oxygens (including phenoxy) is 1. The maximum Gasteiger partial charge on any atom is 0.325 e. The minimum absolute atomic E-state index is 0.151. The first kappa shape index (κ1) is 14.8. The highest BCUT2D eigenvalue weighted by Gasteiger charge is 2.21. The van der Waals surface area contributed by atoms with Crippen molar-refractivity contribution in [1.82, 2.24) is 9.88 Å². The maximum absolute atomic E-state index is 12.0. The van der Waals surface area contributed by atoms with Gasteiger partial charge in [-0.1, -0.05) is 11.6 Å². The number of amides is 1. The Morgan fingerprint density at radius 1 is 1.58 bits per heavy atom. The zero-order chi connectivity index (χ0) is 14.6. The van der Waals surface area contributed by atoms with Crippen LogP contribution in [0.2, 0.25) is 5.15 Å². The summed E-state index contributed by atoms with van der Waals surface area (Å²) in [7, 11) is 2.52. The van der Waals surface area contributed by atoms with Crippen molar-refractivity contribution in [3.8, 4) is 0 Å². The van der Waals surface area contributed by atoms with E-state index in [-0.39, 0.29) is 22.9 Å². The number of aromatic nitrogens is 1. The molecule has 1 aromatic heterocycles. The second-order valence-electron chi connectivity index (χ2n) is 3.53. The number of rotatable bonds is 4. The quantitative estimate of drug-likeness (QED) is 0.352. The van der Waals surface area contributed by atoms with Crippen molar-refractivity contribution in [1.29, 1.82) is 0 Å². The van der Waals surface area contributed by atoms with Crippen LogP contribution in [0, 0.1) is 10.1 Å². The van der Waals surface area contributed by atoms with Gasteiger partial charge in [0.15, 0.2) is 0 Å². The maximum atomic E-state index is 12.0. The fraction of sp³-hybridized carbons (Fsp3) is 0.300. The van der Waals surface area contributed by atoms with Crippen LogP contribution in [0.4, 0.5) is 5.69 Å². The average molecular weight is 288 g/mol. The zero-order valence-electron chi connectivity index (χ0n) is 10.1. The standard InChI is InChI=1S/C10H10ClN3O5/c1-13(5-8(15)19-2)10(16)7-3-6(14(17)18)4-12-9(7)11/h3-4H,5H2,1-2H3. The smallest absolute Gasteiger partial charge is 0.325 e. The number of nitrogens with zero attached hydrogens (tertiary/aromatic N) is 3. The molecule has 0 aromatic carbocycles. The Balaban J connectivity index is 3.01. The van der Waals surface area contributed by atoms with E-state index in [0.717, 1.165) is 17.2 Å². The molecule has 1 amide bonds. The van der Waals surface area contributed by atoms with Crippen LogP contribution in [0.5, 0.6) is 0 Å². The van der Waals surface area contributed by atoms with Crippen molar-refractivity contribution in [2.45, 2.75) is 0 Å². The molecule has 1 aromatic rings. The lowest BCUT2D eigenvalue weighted by atomic mass is 10.2. The molecule has 0 saturated heterocycles. The van der Waals surface area contributed by atoms with Crippen molar-refractivity contribution in [2.75, 3.05) is 20.7 Å². The Hall–Kier alpha value is -2.22. The van der Waals surface area contributed by atoms with E-state index in [1.54, 1.807) is 0 Å². The molecule has 8 nitrogen and oxygen atoms in total. The number of likely N-dealkylation sites (N-methyl/N-ethyl adjacent to an activating group) is 1. The molecule has 0 aliphatic heterocycles. The van der Waals surface area contributed by atoms with Gasteiger partial charge < -0.3 is 9.64 Å². The molecule has 0 fully saturated rings. The van der Waals surface area contributed by atoms with Crippen molar-refractivity contribution >= 4 is 29.2 Å². The van der Waals surface area contributed by atoms with Crippen molar-refractivity contribution in [2.24, 2.45) is 0 Å². The molecular weight excluding hydrogens is 278 g/mol. The lowest BCUT2D eigenvalue weighted by Gasteiger charge is -2.15. The predicted molar refractivity (Wildman–Crippen MR) is 64.9 cm³/mol. The molecule has 0 aliphatic carbocycles. The molecule has 0 spiro atoms. The van der Waals surface area contributed by atoms with Crippen LogP contribution >= 0.6 is 11.6 Å². The van der Waals surface area contributed by atoms with Gasteiger partial charge in [-0.05, 0) is 0 Å². The molecule has 9 heteroatoms. The molecule has 0 N–H and O–H groups in total. The molecule has 0 aliphatic rings. The Labute approximate surface area is 113 Å². The Kier molecular flexibility index (Phi) is 4.76. The van der Waals surface area contributed by atoms with E-state index in [2.05, 4.69) is 9.72 Å². The normalized spacial score (nSPS) is 9.84. The summed E-state index contributed by atoms with van der Waals surface area (Å²) in [6, 6.07) is 1.01. The number of carbonyl (C=O) groups excluding carboxylic acids is 2. The predicted octanol–water partition coefficient (Wildman–Crippen LogP) is 0.888. The number of pyridine rings is 1. The van der Waals surface area contributed by atoms with Crippen LogP contribution in [0.25, 0.3) is 0 Å². The molecule has 0 unspecified atom stereocenters. The van der Waals surface area contributed by atoms with E-state index in [9.17, 15) is 19.7 Å². The van der Waals surface area contributed by atoms with E-state index in [1.165, 1.54) is 14.2 Å². The molecule has 0 atom stereocenters. The molecule has 1 rings (SSSR count). The summed E-state index contributed by atoms with van der Waals surface area (Å²) < 4.78 is 4.41.